The van der Waals surface area contributed by atoms with Crippen LogP contribution in [0.25, 0.3) is 0 Å². The summed E-state index contributed by atoms with van der Waals surface area (Å²) in [7, 11) is 0. The highest BCUT2D eigenvalue weighted by Gasteiger charge is 2.24. The lowest BCUT2D eigenvalue weighted by Gasteiger charge is -2.34. The molecule has 0 atom stereocenters. The molecule has 0 spiro atoms. The van der Waals surface area contributed by atoms with Gasteiger partial charge in [-0.25, -0.2) is 0 Å². The molecule has 24 heavy (non-hydrogen) atoms. The van der Waals surface area contributed by atoms with E-state index in [0.29, 0.717) is 32.8 Å². The summed E-state index contributed by atoms with van der Waals surface area (Å²) in [6.45, 7) is 3.89. The molecule has 0 aromatic heterocycles. The maximum absolute atomic E-state index is 12.1. The van der Waals surface area contributed by atoms with E-state index in [1.54, 1.807) is 4.90 Å². The lowest BCUT2D eigenvalue weighted by atomic mass is 10.2. The molecular formula is C17H22N2O5. The van der Waals surface area contributed by atoms with E-state index in [-0.39, 0.29) is 12.3 Å². The zero-order valence-corrected chi connectivity index (χ0v) is 13.7. The standard InChI is InChI=1S/C17H22N2O5/c1-13-2-4-14(5-3-13)24-11-6-15(20)18-7-9-19(10-8-18)16(21)12-17(22)23/h2-5H,6-12H2,1H3,(H,22,23). The summed E-state index contributed by atoms with van der Waals surface area (Å²) in [5.74, 6) is -0.825. The van der Waals surface area contributed by atoms with Crippen LogP contribution in [0.15, 0.2) is 24.3 Å². The number of aryl methyl sites for hydroxylation is 1. The molecule has 0 bridgehead atoms. The topological polar surface area (TPSA) is 87.2 Å². The van der Waals surface area contributed by atoms with Crippen LogP contribution >= 0.6 is 0 Å². The van der Waals surface area contributed by atoms with Gasteiger partial charge in [-0.3, -0.25) is 14.4 Å². The quantitative estimate of drug-likeness (QED) is 0.781. The van der Waals surface area contributed by atoms with Crippen LogP contribution in [-0.4, -0.2) is 65.5 Å². The van der Waals surface area contributed by atoms with Crippen molar-refractivity contribution in [2.45, 2.75) is 19.8 Å². The van der Waals surface area contributed by atoms with E-state index >= 15 is 0 Å². The van der Waals surface area contributed by atoms with E-state index in [1.165, 1.54) is 4.90 Å². The summed E-state index contributed by atoms with van der Waals surface area (Å²) >= 11 is 0. The Kier molecular flexibility index (Phi) is 6.17. The molecule has 1 N–H and O–H groups in total. The molecule has 7 heteroatoms. The molecule has 1 heterocycles. The van der Waals surface area contributed by atoms with Gasteiger partial charge in [0.05, 0.1) is 13.0 Å². The zero-order chi connectivity index (χ0) is 17.5. The first-order chi connectivity index (χ1) is 11.5. The van der Waals surface area contributed by atoms with Crippen LogP contribution in [-0.2, 0) is 14.4 Å². The van der Waals surface area contributed by atoms with Crippen molar-refractivity contribution in [2.75, 3.05) is 32.8 Å². The van der Waals surface area contributed by atoms with Crippen LogP contribution < -0.4 is 4.74 Å². The molecule has 1 saturated heterocycles. The Morgan fingerprint density at radius 1 is 1.00 bits per heavy atom. The lowest BCUT2D eigenvalue weighted by molar-refractivity contribution is -0.147. The Bertz CT molecular complexity index is 592. The van der Waals surface area contributed by atoms with Crippen LogP contribution in [0.3, 0.4) is 0 Å². The highest BCUT2D eigenvalue weighted by atomic mass is 16.5. The first-order valence-electron chi connectivity index (χ1n) is 7.92. The highest BCUT2D eigenvalue weighted by Crippen LogP contribution is 2.12. The van der Waals surface area contributed by atoms with Crippen molar-refractivity contribution in [2.24, 2.45) is 0 Å². The molecule has 0 radical (unpaired) electrons. The lowest BCUT2D eigenvalue weighted by Crippen LogP contribution is -2.51. The predicted octanol–water partition coefficient (Wildman–Crippen LogP) is 0.909. The van der Waals surface area contributed by atoms with E-state index in [4.69, 9.17) is 9.84 Å². The molecule has 130 valence electrons. The van der Waals surface area contributed by atoms with Gasteiger partial charge in [-0.1, -0.05) is 17.7 Å². The van der Waals surface area contributed by atoms with Gasteiger partial charge in [-0.15, -0.1) is 0 Å². The largest absolute Gasteiger partial charge is 0.493 e. The second kappa shape index (κ2) is 8.33. The average Bonchev–Trinajstić information content (AvgIpc) is 2.56. The van der Waals surface area contributed by atoms with Crippen LogP contribution in [0.5, 0.6) is 5.75 Å². The van der Waals surface area contributed by atoms with Gasteiger partial charge in [0, 0.05) is 26.2 Å². The second-order valence-electron chi connectivity index (χ2n) is 5.74. The molecule has 2 rings (SSSR count). The summed E-state index contributed by atoms with van der Waals surface area (Å²) in [6, 6.07) is 7.63. The third-order valence-corrected chi connectivity index (χ3v) is 3.89. The van der Waals surface area contributed by atoms with E-state index < -0.39 is 18.3 Å². The number of aliphatic carboxylic acids is 1. The van der Waals surface area contributed by atoms with Crippen molar-refractivity contribution < 1.29 is 24.2 Å². The van der Waals surface area contributed by atoms with E-state index in [1.807, 2.05) is 31.2 Å². The number of nitrogens with zero attached hydrogens (tertiary/aromatic N) is 2. The fourth-order valence-corrected chi connectivity index (χ4v) is 2.50. The third kappa shape index (κ3) is 5.26. The van der Waals surface area contributed by atoms with Gasteiger partial charge in [-0.05, 0) is 19.1 Å². The molecule has 1 aromatic carbocycles. The van der Waals surface area contributed by atoms with Crippen molar-refractivity contribution in [3.63, 3.8) is 0 Å². The number of carbonyl (C=O) groups is 3. The summed E-state index contributed by atoms with van der Waals surface area (Å²) in [4.78, 5) is 37.5. The van der Waals surface area contributed by atoms with E-state index in [0.717, 1.165) is 11.3 Å². The van der Waals surface area contributed by atoms with E-state index in [2.05, 4.69) is 0 Å². The van der Waals surface area contributed by atoms with Crippen molar-refractivity contribution in [1.82, 2.24) is 9.80 Å². The Labute approximate surface area is 140 Å². The van der Waals surface area contributed by atoms with Crippen molar-refractivity contribution >= 4 is 17.8 Å². The number of rotatable bonds is 6. The van der Waals surface area contributed by atoms with Gasteiger partial charge >= 0.3 is 5.97 Å². The Balaban J connectivity index is 1.70. The molecule has 1 aromatic rings. The first kappa shape index (κ1) is 17.8. The minimum Gasteiger partial charge on any atom is -0.493 e. The highest BCUT2D eigenvalue weighted by molar-refractivity contribution is 5.93. The number of amides is 2. The van der Waals surface area contributed by atoms with Crippen molar-refractivity contribution in [1.29, 1.82) is 0 Å². The number of piperazine rings is 1. The number of hydrogen-bond acceptors (Lipinski definition) is 4. The van der Waals surface area contributed by atoms with Crippen LogP contribution in [0.2, 0.25) is 0 Å². The smallest absolute Gasteiger partial charge is 0.312 e. The number of carboxylic acid groups (broad SMARTS) is 1. The minimum absolute atomic E-state index is 0.0209. The van der Waals surface area contributed by atoms with Gasteiger partial charge < -0.3 is 19.6 Å². The van der Waals surface area contributed by atoms with Crippen LogP contribution in [0.1, 0.15) is 18.4 Å². The molecule has 1 aliphatic heterocycles. The number of carbonyl (C=O) groups excluding carboxylic acids is 2. The first-order valence-corrected chi connectivity index (χ1v) is 7.92. The molecule has 1 aliphatic rings. The fourth-order valence-electron chi connectivity index (χ4n) is 2.50. The predicted molar refractivity (Wildman–Crippen MR) is 86.7 cm³/mol. The fraction of sp³-hybridized carbons (Fsp3) is 0.471. The Morgan fingerprint density at radius 2 is 1.54 bits per heavy atom. The zero-order valence-electron chi connectivity index (χ0n) is 13.7. The summed E-state index contributed by atoms with van der Waals surface area (Å²) < 4.78 is 5.55. The van der Waals surface area contributed by atoms with Gasteiger partial charge in [0.25, 0.3) is 0 Å². The maximum atomic E-state index is 12.1. The molecule has 0 unspecified atom stereocenters. The van der Waals surface area contributed by atoms with Gasteiger partial charge in [0.15, 0.2) is 0 Å². The molecule has 2 amide bonds. The SMILES string of the molecule is Cc1ccc(OCCC(=O)N2CCN(C(=O)CC(=O)O)CC2)cc1. The monoisotopic (exact) mass is 334 g/mol. The average molecular weight is 334 g/mol. The molecule has 1 fully saturated rings. The number of hydrogen-bond donors (Lipinski definition) is 1. The minimum atomic E-state index is -1.13. The maximum Gasteiger partial charge on any atom is 0.312 e. The van der Waals surface area contributed by atoms with Crippen molar-refractivity contribution in [3.8, 4) is 5.75 Å². The normalized spacial score (nSPS) is 14.4. The second-order valence-corrected chi connectivity index (χ2v) is 5.74. The van der Waals surface area contributed by atoms with Crippen molar-refractivity contribution in [3.05, 3.63) is 29.8 Å². The summed E-state index contributed by atoms with van der Waals surface area (Å²) in [5, 5.41) is 8.64. The van der Waals surface area contributed by atoms with Crippen LogP contribution in [0, 0.1) is 6.92 Å². The summed E-state index contributed by atoms with van der Waals surface area (Å²) in [6.07, 6.45) is -0.227. The molecular weight excluding hydrogens is 312 g/mol. The molecule has 0 aliphatic carbocycles. The van der Waals surface area contributed by atoms with E-state index in [9.17, 15) is 14.4 Å². The molecule has 0 saturated carbocycles. The number of benzene rings is 1. The Hall–Kier alpha value is -2.57. The van der Waals surface area contributed by atoms with Crippen LogP contribution in [0.4, 0.5) is 0 Å². The molecule has 7 nitrogen and oxygen atoms in total. The van der Waals surface area contributed by atoms with Gasteiger partial charge in [0.2, 0.25) is 11.8 Å². The summed E-state index contributed by atoms with van der Waals surface area (Å²) in [5.41, 5.74) is 1.15. The van der Waals surface area contributed by atoms with Gasteiger partial charge in [0.1, 0.15) is 12.2 Å². The third-order valence-electron chi connectivity index (χ3n) is 3.89. The number of carboxylic acids is 1. The number of ether oxygens (including phenoxy) is 1. The van der Waals surface area contributed by atoms with Gasteiger partial charge in [-0.2, -0.15) is 0 Å². The Morgan fingerprint density at radius 3 is 2.08 bits per heavy atom.